The van der Waals surface area contributed by atoms with E-state index in [0.717, 1.165) is 43.8 Å². The van der Waals surface area contributed by atoms with Crippen molar-refractivity contribution in [2.24, 2.45) is 0 Å². The number of nitrogens with zero attached hydrogens (tertiary/aromatic N) is 3. The summed E-state index contributed by atoms with van der Waals surface area (Å²) in [6, 6.07) is 0.623. The van der Waals surface area contributed by atoms with Crippen molar-refractivity contribution >= 4 is 17.7 Å². The zero-order valence-corrected chi connectivity index (χ0v) is 15.6. The molecule has 2 N–H and O–H groups in total. The Bertz CT molecular complexity index is 553. The maximum atomic E-state index is 12.7. The van der Waals surface area contributed by atoms with E-state index < -0.39 is 0 Å². The molecule has 1 saturated carbocycles. The number of hydrogen-bond donors (Lipinski definition) is 2. The molecule has 2 fully saturated rings. The van der Waals surface area contributed by atoms with E-state index in [4.69, 9.17) is 0 Å². The highest BCUT2D eigenvalue weighted by Crippen LogP contribution is 2.29. The molecular formula is C17H29N5OS. The van der Waals surface area contributed by atoms with E-state index in [1.54, 1.807) is 0 Å². The molecule has 1 aliphatic heterocycles. The lowest BCUT2D eigenvalue weighted by molar-refractivity contribution is 0.0923. The Morgan fingerprint density at radius 1 is 1.29 bits per heavy atom. The Morgan fingerprint density at radius 3 is 2.79 bits per heavy atom. The topological polar surface area (TPSA) is 71.8 Å². The van der Waals surface area contributed by atoms with Crippen molar-refractivity contribution in [1.82, 2.24) is 25.6 Å². The summed E-state index contributed by atoms with van der Waals surface area (Å²) in [5.74, 6) is 1.04. The van der Waals surface area contributed by atoms with Crippen LogP contribution in [0.2, 0.25) is 0 Å². The first-order valence-electron chi connectivity index (χ1n) is 9.25. The van der Waals surface area contributed by atoms with Crippen LogP contribution in [-0.2, 0) is 0 Å². The summed E-state index contributed by atoms with van der Waals surface area (Å²) < 4.78 is 1.95. The molecule has 2 atom stereocenters. The lowest BCUT2D eigenvalue weighted by atomic mass is 9.94. The average molecular weight is 352 g/mol. The van der Waals surface area contributed by atoms with Crippen molar-refractivity contribution in [2.75, 3.05) is 18.8 Å². The fraction of sp³-hybridized carbons (Fsp3) is 0.824. The highest BCUT2D eigenvalue weighted by atomic mass is 32.2. The Kier molecular flexibility index (Phi) is 6.16. The van der Waals surface area contributed by atoms with Gasteiger partial charge in [0, 0.05) is 11.3 Å². The lowest BCUT2D eigenvalue weighted by Crippen LogP contribution is -2.44. The zero-order valence-electron chi connectivity index (χ0n) is 14.8. The van der Waals surface area contributed by atoms with Gasteiger partial charge in [-0.25, -0.2) is 4.68 Å². The predicted octanol–water partition coefficient (Wildman–Crippen LogP) is 2.31. The molecule has 0 bridgehead atoms. The number of carbonyl (C=O) groups excluding carboxylic acids is 1. The van der Waals surface area contributed by atoms with Gasteiger partial charge in [-0.3, -0.25) is 4.79 Å². The fourth-order valence-corrected chi connectivity index (χ4v) is 5.06. The Balaban J connectivity index is 1.67. The lowest BCUT2D eigenvalue weighted by Gasteiger charge is -2.31. The number of nitrogens with one attached hydrogen (secondary N) is 2. The standard InChI is InChI=1S/C17H29N5OS/c1-3-24-15-7-5-4-6-14(15)19-17(23)16-12(2)22(21-20-16)13-8-10-18-11-9-13/h13-15,18H,3-11H2,1-2H3,(H,19,23). The van der Waals surface area contributed by atoms with Gasteiger partial charge in [-0.2, -0.15) is 11.8 Å². The maximum Gasteiger partial charge on any atom is 0.274 e. The first-order chi connectivity index (χ1) is 11.7. The largest absolute Gasteiger partial charge is 0.347 e. The van der Waals surface area contributed by atoms with E-state index in [1.807, 2.05) is 23.4 Å². The third-order valence-corrected chi connectivity index (χ3v) is 6.52. The van der Waals surface area contributed by atoms with Crippen LogP contribution < -0.4 is 10.6 Å². The third-order valence-electron chi connectivity index (χ3n) is 5.20. The molecule has 0 spiro atoms. The quantitative estimate of drug-likeness (QED) is 0.852. The van der Waals surface area contributed by atoms with E-state index in [1.165, 1.54) is 19.3 Å². The van der Waals surface area contributed by atoms with Crippen LogP contribution >= 0.6 is 11.8 Å². The van der Waals surface area contributed by atoms with Gasteiger partial charge >= 0.3 is 0 Å². The summed E-state index contributed by atoms with van der Waals surface area (Å²) in [4.78, 5) is 12.7. The SMILES string of the molecule is CCSC1CCCCC1NC(=O)c1nnn(C2CCNCC2)c1C. The van der Waals surface area contributed by atoms with Gasteiger partial charge in [0.25, 0.3) is 5.91 Å². The highest BCUT2D eigenvalue weighted by molar-refractivity contribution is 7.99. The van der Waals surface area contributed by atoms with Crippen LogP contribution in [0.4, 0.5) is 0 Å². The summed E-state index contributed by atoms with van der Waals surface area (Å²) in [6.07, 6.45) is 6.84. The number of carbonyl (C=O) groups is 1. The van der Waals surface area contributed by atoms with E-state index in [-0.39, 0.29) is 11.9 Å². The van der Waals surface area contributed by atoms with Crippen molar-refractivity contribution in [3.63, 3.8) is 0 Å². The second kappa shape index (κ2) is 8.34. The molecule has 2 unspecified atom stereocenters. The van der Waals surface area contributed by atoms with Crippen LogP contribution in [0.5, 0.6) is 0 Å². The van der Waals surface area contributed by atoms with Gasteiger partial charge < -0.3 is 10.6 Å². The Labute approximate surface area is 148 Å². The van der Waals surface area contributed by atoms with E-state index in [2.05, 4.69) is 27.9 Å². The smallest absolute Gasteiger partial charge is 0.274 e. The minimum absolute atomic E-state index is 0.0544. The van der Waals surface area contributed by atoms with Gasteiger partial charge in [0.05, 0.1) is 11.7 Å². The van der Waals surface area contributed by atoms with Crippen LogP contribution in [0.1, 0.15) is 67.7 Å². The highest BCUT2D eigenvalue weighted by Gasteiger charge is 2.29. The number of piperidine rings is 1. The number of rotatable bonds is 5. The molecule has 3 rings (SSSR count). The molecule has 1 saturated heterocycles. The molecule has 134 valence electrons. The third kappa shape index (κ3) is 3.94. The fourth-order valence-electron chi connectivity index (χ4n) is 3.86. The van der Waals surface area contributed by atoms with Crippen LogP contribution in [0.25, 0.3) is 0 Å². The normalized spacial score (nSPS) is 25.6. The van der Waals surface area contributed by atoms with E-state index in [9.17, 15) is 4.79 Å². The van der Waals surface area contributed by atoms with Gasteiger partial charge in [0.2, 0.25) is 0 Å². The molecule has 24 heavy (non-hydrogen) atoms. The molecule has 1 aromatic heterocycles. The van der Waals surface area contributed by atoms with Crippen LogP contribution in [0, 0.1) is 6.92 Å². The van der Waals surface area contributed by atoms with Gasteiger partial charge in [0.1, 0.15) is 0 Å². The van der Waals surface area contributed by atoms with Gasteiger partial charge in [-0.05, 0) is 51.4 Å². The average Bonchev–Trinajstić information content (AvgIpc) is 2.99. The summed E-state index contributed by atoms with van der Waals surface area (Å²) in [5.41, 5.74) is 1.40. The molecule has 0 radical (unpaired) electrons. The van der Waals surface area contributed by atoms with Gasteiger partial charge in [-0.15, -0.1) is 5.10 Å². The molecule has 6 nitrogen and oxygen atoms in total. The number of aromatic nitrogens is 3. The first kappa shape index (κ1) is 17.7. The van der Waals surface area contributed by atoms with Crippen molar-refractivity contribution < 1.29 is 4.79 Å². The van der Waals surface area contributed by atoms with E-state index in [0.29, 0.717) is 17.0 Å². The molecule has 1 amide bonds. The van der Waals surface area contributed by atoms with Crippen LogP contribution in [0.15, 0.2) is 0 Å². The minimum Gasteiger partial charge on any atom is -0.347 e. The second-order valence-corrected chi connectivity index (χ2v) is 8.32. The van der Waals surface area contributed by atoms with Crippen molar-refractivity contribution in [3.8, 4) is 0 Å². The number of amides is 1. The van der Waals surface area contributed by atoms with Crippen LogP contribution in [-0.4, -0.2) is 51.0 Å². The number of hydrogen-bond acceptors (Lipinski definition) is 5. The minimum atomic E-state index is -0.0544. The summed E-state index contributed by atoms with van der Waals surface area (Å²) in [5, 5.41) is 15.6. The zero-order chi connectivity index (χ0) is 16.9. The molecule has 7 heteroatoms. The van der Waals surface area contributed by atoms with Gasteiger partial charge in [-0.1, -0.05) is 25.0 Å². The summed E-state index contributed by atoms with van der Waals surface area (Å²) >= 11 is 1.97. The van der Waals surface area contributed by atoms with Crippen molar-refractivity contribution in [1.29, 1.82) is 0 Å². The first-order valence-corrected chi connectivity index (χ1v) is 10.3. The number of thioether (sulfide) groups is 1. The summed E-state index contributed by atoms with van der Waals surface area (Å²) in [7, 11) is 0. The monoisotopic (exact) mass is 351 g/mol. The molecule has 2 aliphatic rings. The van der Waals surface area contributed by atoms with Gasteiger partial charge in [0.15, 0.2) is 5.69 Å². The van der Waals surface area contributed by atoms with E-state index >= 15 is 0 Å². The van der Waals surface area contributed by atoms with Crippen molar-refractivity contribution in [2.45, 2.75) is 69.7 Å². The molecule has 0 aromatic carbocycles. The Hall–Kier alpha value is -1.08. The Morgan fingerprint density at radius 2 is 2.04 bits per heavy atom. The molecule has 2 heterocycles. The molecular weight excluding hydrogens is 322 g/mol. The van der Waals surface area contributed by atoms with Crippen molar-refractivity contribution in [3.05, 3.63) is 11.4 Å². The molecule has 1 aromatic rings. The second-order valence-electron chi connectivity index (χ2n) is 6.81. The van der Waals surface area contributed by atoms with Crippen LogP contribution in [0.3, 0.4) is 0 Å². The maximum absolute atomic E-state index is 12.7. The molecule has 1 aliphatic carbocycles. The predicted molar refractivity (Wildman–Crippen MR) is 97.5 cm³/mol. The summed E-state index contributed by atoms with van der Waals surface area (Å²) in [6.45, 7) is 6.16.